The quantitative estimate of drug-likeness (QED) is 0.288. The van der Waals surface area contributed by atoms with E-state index in [0.29, 0.717) is 22.0 Å². The first kappa shape index (κ1) is 24.3. The van der Waals surface area contributed by atoms with E-state index in [2.05, 4.69) is 15.9 Å². The van der Waals surface area contributed by atoms with E-state index in [4.69, 9.17) is 21.1 Å². The number of amides is 2. The number of imide groups is 1. The number of halogens is 3. The second-order valence-corrected chi connectivity index (χ2v) is 9.66. The van der Waals surface area contributed by atoms with Crippen molar-refractivity contribution >= 4 is 56.5 Å². The van der Waals surface area contributed by atoms with Crippen molar-refractivity contribution in [1.29, 1.82) is 0 Å². The summed E-state index contributed by atoms with van der Waals surface area (Å²) in [6, 6.07) is 16.7. The number of carbonyl (C=O) groups is 2. The van der Waals surface area contributed by atoms with Gasteiger partial charge in [-0.1, -0.05) is 51.8 Å². The topological polar surface area (TPSA) is 55.8 Å². The summed E-state index contributed by atoms with van der Waals surface area (Å²) in [6.45, 7) is 0.361. The van der Waals surface area contributed by atoms with Crippen molar-refractivity contribution < 1.29 is 23.5 Å². The smallest absolute Gasteiger partial charge is 0.293 e. The number of nitrogens with zero attached hydrogens (tertiary/aromatic N) is 1. The molecule has 0 bridgehead atoms. The highest BCUT2D eigenvalue weighted by molar-refractivity contribution is 9.10. The van der Waals surface area contributed by atoms with Crippen LogP contribution in [0.3, 0.4) is 0 Å². The largest absolute Gasteiger partial charge is 0.493 e. The summed E-state index contributed by atoms with van der Waals surface area (Å²) < 4.78 is 25.2. The van der Waals surface area contributed by atoms with Gasteiger partial charge >= 0.3 is 0 Å². The Kier molecular flexibility index (Phi) is 7.60. The van der Waals surface area contributed by atoms with Crippen LogP contribution in [0, 0.1) is 5.82 Å². The fourth-order valence-corrected chi connectivity index (χ4v) is 4.64. The van der Waals surface area contributed by atoms with Crippen molar-refractivity contribution in [1.82, 2.24) is 4.90 Å². The molecule has 0 saturated carbocycles. The van der Waals surface area contributed by atoms with E-state index in [1.165, 1.54) is 24.1 Å². The standard InChI is InChI=1S/C25H18BrClFNO4S/c1-32-21-11-17(10-20(27)23(21)33-14-16-4-8-19(28)9-5-16)12-22-24(30)29(25(31)34-22)13-15-2-6-18(26)7-3-15/h2-12H,13-14H2,1H3/b22-12-. The monoisotopic (exact) mass is 561 g/mol. The molecule has 3 aromatic carbocycles. The average Bonchev–Trinajstić information content (AvgIpc) is 3.07. The fourth-order valence-electron chi connectivity index (χ4n) is 3.26. The van der Waals surface area contributed by atoms with Crippen LogP contribution in [0.1, 0.15) is 16.7 Å². The lowest BCUT2D eigenvalue weighted by atomic mass is 10.1. The van der Waals surface area contributed by atoms with Crippen molar-refractivity contribution in [3.8, 4) is 11.5 Å². The third-order valence-electron chi connectivity index (χ3n) is 4.97. The van der Waals surface area contributed by atoms with Crippen LogP contribution in [0.25, 0.3) is 6.08 Å². The maximum Gasteiger partial charge on any atom is 0.293 e. The van der Waals surface area contributed by atoms with Crippen LogP contribution >= 0.6 is 39.3 Å². The minimum Gasteiger partial charge on any atom is -0.493 e. The maximum absolute atomic E-state index is 13.1. The van der Waals surface area contributed by atoms with E-state index in [9.17, 15) is 14.0 Å². The van der Waals surface area contributed by atoms with E-state index in [0.717, 1.165) is 27.4 Å². The molecule has 5 nitrogen and oxygen atoms in total. The second-order valence-electron chi connectivity index (χ2n) is 7.34. The van der Waals surface area contributed by atoms with Gasteiger partial charge in [-0.3, -0.25) is 14.5 Å². The summed E-state index contributed by atoms with van der Waals surface area (Å²) in [7, 11) is 1.48. The van der Waals surface area contributed by atoms with Gasteiger partial charge in [-0.2, -0.15) is 0 Å². The Morgan fingerprint density at radius 1 is 1.06 bits per heavy atom. The first-order valence-electron chi connectivity index (χ1n) is 10.1. The third-order valence-corrected chi connectivity index (χ3v) is 6.69. The lowest BCUT2D eigenvalue weighted by Gasteiger charge is -2.14. The molecule has 1 heterocycles. The van der Waals surface area contributed by atoms with Crippen LogP contribution in [-0.4, -0.2) is 23.2 Å². The van der Waals surface area contributed by atoms with E-state index in [1.54, 1.807) is 30.3 Å². The molecule has 9 heteroatoms. The highest BCUT2D eigenvalue weighted by Crippen LogP contribution is 2.39. The fraction of sp³-hybridized carbons (Fsp3) is 0.120. The van der Waals surface area contributed by atoms with Gasteiger partial charge in [-0.25, -0.2) is 4.39 Å². The average molecular weight is 563 g/mol. The second kappa shape index (κ2) is 10.6. The lowest BCUT2D eigenvalue weighted by molar-refractivity contribution is -0.123. The maximum atomic E-state index is 13.1. The van der Waals surface area contributed by atoms with Gasteiger partial charge in [-0.15, -0.1) is 0 Å². The van der Waals surface area contributed by atoms with Crippen molar-refractivity contribution in [2.24, 2.45) is 0 Å². The SMILES string of the molecule is COc1cc(/C=C2\SC(=O)N(Cc3ccc(Br)cc3)C2=O)cc(Cl)c1OCc1ccc(F)cc1. The van der Waals surface area contributed by atoms with Crippen LogP contribution < -0.4 is 9.47 Å². The van der Waals surface area contributed by atoms with Gasteiger partial charge in [0.1, 0.15) is 12.4 Å². The summed E-state index contributed by atoms with van der Waals surface area (Å²) in [5.41, 5.74) is 2.20. The summed E-state index contributed by atoms with van der Waals surface area (Å²) in [6.07, 6.45) is 1.60. The van der Waals surface area contributed by atoms with Crippen molar-refractivity contribution in [2.45, 2.75) is 13.2 Å². The first-order valence-corrected chi connectivity index (χ1v) is 12.1. The summed E-state index contributed by atoms with van der Waals surface area (Å²) in [4.78, 5) is 26.8. The summed E-state index contributed by atoms with van der Waals surface area (Å²) in [5.74, 6) is -0.00134. The third kappa shape index (κ3) is 5.63. The molecular weight excluding hydrogens is 545 g/mol. The first-order chi connectivity index (χ1) is 16.3. The lowest BCUT2D eigenvalue weighted by Crippen LogP contribution is -2.27. The predicted molar refractivity (Wildman–Crippen MR) is 134 cm³/mol. The molecular formula is C25H18BrClFNO4S. The molecule has 3 aromatic rings. The summed E-state index contributed by atoms with van der Waals surface area (Å²) >= 11 is 10.7. The molecule has 1 fully saturated rings. The zero-order chi connectivity index (χ0) is 24.2. The number of hydrogen-bond acceptors (Lipinski definition) is 5. The molecule has 0 aliphatic carbocycles. The van der Waals surface area contributed by atoms with Crippen LogP contribution in [0.4, 0.5) is 9.18 Å². The predicted octanol–water partition coefficient (Wildman–Crippen LogP) is 7.07. The van der Waals surface area contributed by atoms with Crippen LogP contribution in [0.5, 0.6) is 11.5 Å². The Balaban J connectivity index is 1.52. The molecule has 0 N–H and O–H groups in total. The minimum absolute atomic E-state index is 0.171. The van der Waals surface area contributed by atoms with Crippen molar-refractivity contribution in [3.05, 3.63) is 97.6 Å². The summed E-state index contributed by atoms with van der Waals surface area (Å²) in [5, 5.41) is -0.0571. The number of ether oxygens (including phenoxy) is 2. The molecule has 0 radical (unpaired) electrons. The van der Waals surface area contributed by atoms with Gasteiger partial charge in [-0.05, 0) is 70.9 Å². The Bertz CT molecular complexity index is 1270. The molecule has 34 heavy (non-hydrogen) atoms. The van der Waals surface area contributed by atoms with Gasteiger partial charge < -0.3 is 9.47 Å². The number of rotatable bonds is 7. The number of hydrogen-bond donors (Lipinski definition) is 0. The van der Waals surface area contributed by atoms with Crippen LogP contribution in [0.2, 0.25) is 5.02 Å². The molecule has 174 valence electrons. The van der Waals surface area contributed by atoms with Gasteiger partial charge in [0.2, 0.25) is 0 Å². The Morgan fingerprint density at radius 2 is 1.74 bits per heavy atom. The Morgan fingerprint density at radius 3 is 2.41 bits per heavy atom. The van der Waals surface area contributed by atoms with E-state index < -0.39 is 0 Å². The molecule has 0 atom stereocenters. The molecule has 0 spiro atoms. The molecule has 0 unspecified atom stereocenters. The van der Waals surface area contributed by atoms with Crippen LogP contribution in [0.15, 0.2) is 70.0 Å². The number of thioether (sulfide) groups is 1. The molecule has 1 saturated heterocycles. The van der Waals surface area contributed by atoms with Crippen molar-refractivity contribution in [2.75, 3.05) is 7.11 Å². The molecule has 4 rings (SSSR count). The highest BCUT2D eigenvalue weighted by atomic mass is 79.9. The Labute approximate surface area is 213 Å². The van der Waals surface area contributed by atoms with Gasteiger partial charge in [0.25, 0.3) is 11.1 Å². The number of carbonyl (C=O) groups excluding carboxylic acids is 2. The zero-order valence-electron chi connectivity index (χ0n) is 17.9. The molecule has 1 aliphatic heterocycles. The van der Waals surface area contributed by atoms with Crippen molar-refractivity contribution in [3.63, 3.8) is 0 Å². The van der Waals surface area contributed by atoms with Gasteiger partial charge in [0, 0.05) is 4.47 Å². The Hall–Kier alpha value is -2.81. The molecule has 2 amide bonds. The minimum atomic E-state index is -0.371. The van der Waals surface area contributed by atoms with Gasteiger partial charge in [0.05, 0.1) is 23.6 Å². The van der Waals surface area contributed by atoms with E-state index >= 15 is 0 Å². The molecule has 0 aromatic heterocycles. The van der Waals surface area contributed by atoms with E-state index in [-0.39, 0.29) is 35.1 Å². The zero-order valence-corrected chi connectivity index (χ0v) is 21.0. The normalized spacial score (nSPS) is 14.7. The van der Waals surface area contributed by atoms with Crippen LogP contribution in [-0.2, 0) is 17.9 Å². The molecule has 1 aliphatic rings. The van der Waals surface area contributed by atoms with E-state index in [1.807, 2.05) is 24.3 Å². The van der Waals surface area contributed by atoms with Gasteiger partial charge in [0.15, 0.2) is 11.5 Å². The number of methoxy groups -OCH3 is 1. The highest BCUT2D eigenvalue weighted by Gasteiger charge is 2.35. The number of benzene rings is 3.